The predicted molar refractivity (Wildman–Crippen MR) is 43.0 cm³/mol. The molecule has 0 saturated heterocycles. The van der Waals surface area contributed by atoms with Crippen molar-refractivity contribution in [2.45, 2.75) is 6.92 Å². The normalized spacial score (nSPS) is 9.27. The summed E-state index contributed by atoms with van der Waals surface area (Å²) in [5.74, 6) is -0.313. The molecule has 64 valence electrons. The first kappa shape index (κ1) is 10.4. The minimum absolute atomic E-state index is 0.159. The Morgan fingerprint density at radius 3 is 2.82 bits per heavy atom. The molecule has 0 fully saturated rings. The van der Waals surface area contributed by atoms with E-state index >= 15 is 0 Å². The Morgan fingerprint density at radius 2 is 2.36 bits per heavy atom. The third kappa shape index (κ3) is 5.87. The molecule has 2 N–H and O–H groups in total. The molecule has 0 heterocycles. The first-order valence-corrected chi connectivity index (χ1v) is 3.85. The lowest BCUT2D eigenvalue weighted by Crippen LogP contribution is -2.22. The number of likely N-dealkylation sites (N-methyl/N-ethyl adjacent to an activating group) is 1. The Morgan fingerprint density at radius 1 is 1.73 bits per heavy atom. The average Bonchev–Trinajstić information content (AvgIpc) is 2.00. The highest BCUT2D eigenvalue weighted by Crippen LogP contribution is 1.79. The van der Waals surface area contributed by atoms with Crippen LogP contribution < -0.4 is 5.73 Å². The number of nitrogens with zero attached hydrogens (tertiary/aromatic N) is 1. The highest BCUT2D eigenvalue weighted by molar-refractivity contribution is 7.44. The molecule has 0 atom stereocenters. The van der Waals surface area contributed by atoms with Gasteiger partial charge < -0.3 is 10.5 Å². The van der Waals surface area contributed by atoms with E-state index in [0.29, 0.717) is 13.1 Å². The summed E-state index contributed by atoms with van der Waals surface area (Å²) in [6, 6.07) is 0. The van der Waals surface area contributed by atoms with Crippen molar-refractivity contribution in [1.29, 1.82) is 0 Å². The Bertz CT molecular complexity index is 150. The molecule has 0 amide bonds. The largest absolute Gasteiger partial charge is 0.460 e. The summed E-state index contributed by atoms with van der Waals surface area (Å²) in [6.45, 7) is 3.32. The lowest BCUT2D eigenvalue weighted by molar-refractivity contribution is -0.485. The molecular weight excluding hydrogens is 164 g/mol. The van der Waals surface area contributed by atoms with Crippen molar-refractivity contribution in [1.82, 2.24) is 0 Å². The molecule has 0 unspecified atom stereocenters. The number of rotatable bonds is 5. The summed E-state index contributed by atoms with van der Waals surface area (Å²) in [4.78, 5) is 10.8. The van der Waals surface area contributed by atoms with Gasteiger partial charge in [-0.25, -0.2) is 4.79 Å². The van der Waals surface area contributed by atoms with E-state index in [-0.39, 0.29) is 19.1 Å². The van der Waals surface area contributed by atoms with Gasteiger partial charge in [0.1, 0.15) is 6.61 Å². The molecule has 0 aliphatic rings. The Hall–Kier alpha value is -0.550. The standard InChI is InChI=1S/C6H13N2O2S/c1-2-8(11)5-6(9)10-4-3-7/h2-5,7H2,1H3/q+1. The van der Waals surface area contributed by atoms with E-state index in [1.54, 1.807) is 0 Å². The minimum Gasteiger partial charge on any atom is -0.460 e. The van der Waals surface area contributed by atoms with E-state index in [0.717, 1.165) is 0 Å². The van der Waals surface area contributed by atoms with Gasteiger partial charge in [0, 0.05) is 6.54 Å². The van der Waals surface area contributed by atoms with Crippen molar-refractivity contribution in [2.24, 2.45) is 5.73 Å². The number of ether oxygens (including phenoxy) is 1. The predicted octanol–water partition coefficient (Wildman–Crippen LogP) is -0.749. The number of carbonyl (C=O) groups is 1. The molecule has 5 heteroatoms. The smallest absolute Gasteiger partial charge is 0.373 e. The van der Waals surface area contributed by atoms with Crippen molar-refractivity contribution in [3.63, 3.8) is 0 Å². The van der Waals surface area contributed by atoms with Gasteiger partial charge in [-0.15, -0.1) is 3.95 Å². The van der Waals surface area contributed by atoms with Gasteiger partial charge in [0.25, 0.3) is 19.0 Å². The summed E-state index contributed by atoms with van der Waals surface area (Å²) in [7, 11) is 0. The maximum absolute atomic E-state index is 10.8. The van der Waals surface area contributed by atoms with Gasteiger partial charge in [0.15, 0.2) is 6.54 Å². The number of hydrogen-bond acceptors (Lipinski definition) is 4. The highest BCUT2D eigenvalue weighted by Gasteiger charge is 2.09. The molecule has 4 nitrogen and oxygen atoms in total. The van der Waals surface area contributed by atoms with E-state index in [1.807, 2.05) is 6.92 Å². The Labute approximate surface area is 71.5 Å². The van der Waals surface area contributed by atoms with Gasteiger partial charge in [-0.05, 0) is 6.92 Å². The minimum atomic E-state index is -0.313. The number of carbonyl (C=O) groups excluding carboxylic acids is 1. The van der Waals surface area contributed by atoms with Crippen LogP contribution in [-0.2, 0) is 22.0 Å². The summed E-state index contributed by atoms with van der Waals surface area (Å²) in [5.41, 5.74) is 5.12. The molecule has 0 aliphatic carbocycles. The topological polar surface area (TPSA) is 55.3 Å². The van der Waals surface area contributed by atoms with Crippen LogP contribution in [0, 0.1) is 0 Å². The van der Waals surface area contributed by atoms with E-state index in [1.165, 1.54) is 3.95 Å². The second kappa shape index (κ2) is 6.18. The first-order chi connectivity index (χ1) is 5.20. The van der Waals surface area contributed by atoms with Gasteiger partial charge in [-0.1, -0.05) is 0 Å². The number of esters is 1. The zero-order valence-corrected chi connectivity index (χ0v) is 7.39. The van der Waals surface area contributed by atoms with Crippen molar-refractivity contribution in [2.75, 3.05) is 26.2 Å². The van der Waals surface area contributed by atoms with Crippen molar-refractivity contribution in [3.8, 4) is 0 Å². The monoisotopic (exact) mass is 177 g/mol. The molecule has 0 aromatic heterocycles. The van der Waals surface area contributed by atoms with Crippen LogP contribution in [0.5, 0.6) is 0 Å². The van der Waals surface area contributed by atoms with Crippen molar-refractivity contribution < 1.29 is 13.5 Å². The van der Waals surface area contributed by atoms with Crippen LogP contribution in [0.25, 0.3) is 0 Å². The molecule has 0 aliphatic heterocycles. The average molecular weight is 177 g/mol. The van der Waals surface area contributed by atoms with Crippen LogP contribution in [0.3, 0.4) is 0 Å². The zero-order valence-electron chi connectivity index (χ0n) is 6.58. The van der Waals surface area contributed by atoms with E-state index < -0.39 is 0 Å². The molecule has 0 saturated carbocycles. The van der Waals surface area contributed by atoms with Crippen LogP contribution in [0.15, 0.2) is 0 Å². The first-order valence-electron chi connectivity index (χ1n) is 3.48. The molecule has 0 aromatic rings. The fraction of sp³-hybridized carbons (Fsp3) is 0.833. The Balaban J connectivity index is 3.44. The zero-order chi connectivity index (χ0) is 8.69. The molecule has 0 rings (SSSR count). The number of nitrogens with two attached hydrogens (primary N) is 1. The van der Waals surface area contributed by atoms with Crippen LogP contribution in [0.1, 0.15) is 6.92 Å². The van der Waals surface area contributed by atoms with Crippen LogP contribution in [0.4, 0.5) is 0 Å². The molecule has 11 heavy (non-hydrogen) atoms. The highest BCUT2D eigenvalue weighted by atomic mass is 32.1. The van der Waals surface area contributed by atoms with E-state index in [9.17, 15) is 4.79 Å². The molecule has 0 bridgehead atoms. The van der Waals surface area contributed by atoms with Crippen molar-refractivity contribution in [3.05, 3.63) is 0 Å². The molecule has 0 spiro atoms. The maximum atomic E-state index is 10.8. The van der Waals surface area contributed by atoms with Gasteiger partial charge in [-0.3, -0.25) is 0 Å². The fourth-order valence-corrected chi connectivity index (χ4v) is 0.580. The third-order valence-electron chi connectivity index (χ3n) is 1.04. The second-order valence-corrected chi connectivity index (χ2v) is 2.48. The summed E-state index contributed by atoms with van der Waals surface area (Å²) >= 11 is 4.77. The van der Waals surface area contributed by atoms with E-state index in [2.05, 4.69) is 0 Å². The third-order valence-corrected chi connectivity index (χ3v) is 1.43. The molecule has 0 aromatic carbocycles. The van der Waals surface area contributed by atoms with Gasteiger partial charge in [0.05, 0.1) is 0 Å². The second-order valence-electron chi connectivity index (χ2n) is 1.97. The maximum Gasteiger partial charge on any atom is 0.373 e. The summed E-state index contributed by atoms with van der Waals surface area (Å²) in [6.07, 6.45) is 0. The van der Waals surface area contributed by atoms with Crippen LogP contribution >= 0.6 is 0 Å². The summed E-state index contributed by atoms with van der Waals surface area (Å²) in [5, 5.41) is 0. The van der Waals surface area contributed by atoms with E-state index in [4.69, 9.17) is 22.9 Å². The number of hydrogen-bond donors (Lipinski definition) is 1. The molecular formula is C6H13N2O2S+. The lowest BCUT2D eigenvalue weighted by Gasteiger charge is -1.98. The van der Waals surface area contributed by atoms with Crippen molar-refractivity contribution >= 4 is 18.4 Å². The van der Waals surface area contributed by atoms with Gasteiger partial charge in [-0.2, -0.15) is 0 Å². The molecule has 0 radical (unpaired) electrons. The van der Waals surface area contributed by atoms with Gasteiger partial charge in [0.2, 0.25) is 0 Å². The van der Waals surface area contributed by atoms with Crippen LogP contribution in [-0.4, -0.2) is 36.2 Å². The van der Waals surface area contributed by atoms with Crippen LogP contribution in [0.2, 0.25) is 0 Å². The quantitative estimate of drug-likeness (QED) is 0.443. The SMILES string of the molecule is CC[N+](=S)CC(=O)OCCN. The fourth-order valence-electron chi connectivity index (χ4n) is 0.474. The van der Waals surface area contributed by atoms with Gasteiger partial charge >= 0.3 is 5.97 Å². The lowest BCUT2D eigenvalue weighted by atomic mass is 10.6. The summed E-state index contributed by atoms with van der Waals surface area (Å²) < 4.78 is 6.15. The Kier molecular flexibility index (Phi) is 5.87.